The first kappa shape index (κ1) is 10.2. The number of nitrogens with zero attached hydrogens (tertiary/aromatic N) is 1. The van der Waals surface area contributed by atoms with E-state index in [1.165, 1.54) is 0 Å². The Kier molecular flexibility index (Phi) is 2.75. The lowest BCUT2D eigenvalue weighted by atomic mass is 10.1. The number of benzene rings is 1. The summed E-state index contributed by atoms with van der Waals surface area (Å²) in [6.07, 6.45) is 0. The molecule has 1 N–H and O–H groups in total. The van der Waals surface area contributed by atoms with Crippen LogP contribution in [0.2, 0.25) is 5.02 Å². The Morgan fingerprint density at radius 3 is 2.53 bits per heavy atom. The minimum absolute atomic E-state index is 0.108. The summed E-state index contributed by atoms with van der Waals surface area (Å²) in [6.45, 7) is 1.76. The van der Waals surface area contributed by atoms with Crippen molar-refractivity contribution in [2.75, 3.05) is 0 Å². The van der Waals surface area contributed by atoms with Crippen LogP contribution in [0.15, 0.2) is 28.8 Å². The van der Waals surface area contributed by atoms with E-state index in [4.69, 9.17) is 21.2 Å². The minimum Gasteiger partial charge on any atom is -0.390 e. The summed E-state index contributed by atoms with van der Waals surface area (Å²) >= 11 is 5.79. The number of aliphatic hydroxyl groups is 1. The van der Waals surface area contributed by atoms with Crippen LogP contribution in [0.25, 0.3) is 11.3 Å². The van der Waals surface area contributed by atoms with Crippen molar-refractivity contribution in [2.45, 2.75) is 13.5 Å². The smallest absolute Gasteiger partial charge is 0.170 e. The molecule has 0 aliphatic heterocycles. The predicted molar refractivity (Wildman–Crippen MR) is 57.6 cm³/mol. The molecule has 0 saturated heterocycles. The van der Waals surface area contributed by atoms with E-state index in [1.807, 2.05) is 19.1 Å². The van der Waals surface area contributed by atoms with Crippen LogP contribution in [0, 0.1) is 6.92 Å². The average Bonchev–Trinajstić information content (AvgIpc) is 2.61. The molecule has 4 heteroatoms. The Morgan fingerprint density at radius 2 is 2.00 bits per heavy atom. The Morgan fingerprint density at radius 1 is 1.33 bits per heavy atom. The van der Waals surface area contributed by atoms with Crippen LogP contribution in [-0.4, -0.2) is 10.3 Å². The van der Waals surface area contributed by atoms with Crippen LogP contribution in [0.4, 0.5) is 0 Å². The highest BCUT2D eigenvalue weighted by atomic mass is 35.5. The molecule has 78 valence electrons. The van der Waals surface area contributed by atoms with Crippen LogP contribution in [0.5, 0.6) is 0 Å². The molecule has 0 aliphatic rings. The zero-order valence-electron chi connectivity index (χ0n) is 8.20. The van der Waals surface area contributed by atoms with Crippen molar-refractivity contribution < 1.29 is 9.63 Å². The van der Waals surface area contributed by atoms with E-state index in [-0.39, 0.29) is 6.61 Å². The summed E-state index contributed by atoms with van der Waals surface area (Å²) in [7, 11) is 0. The predicted octanol–water partition coefficient (Wildman–Crippen LogP) is 2.80. The number of aliphatic hydroxyl groups excluding tert-OH is 1. The second kappa shape index (κ2) is 4.04. The Balaban J connectivity index is 2.45. The van der Waals surface area contributed by atoms with Crippen LogP contribution in [0.1, 0.15) is 11.3 Å². The molecule has 0 amide bonds. The van der Waals surface area contributed by atoms with E-state index in [0.29, 0.717) is 16.5 Å². The summed E-state index contributed by atoms with van der Waals surface area (Å²) in [6, 6.07) is 7.29. The molecule has 2 rings (SSSR count). The average molecular weight is 224 g/mol. The Labute approximate surface area is 92.3 Å². The molecule has 1 aromatic heterocycles. The third kappa shape index (κ3) is 1.89. The molecule has 0 atom stereocenters. The van der Waals surface area contributed by atoms with Crippen molar-refractivity contribution >= 4 is 11.6 Å². The van der Waals surface area contributed by atoms with Gasteiger partial charge >= 0.3 is 0 Å². The van der Waals surface area contributed by atoms with Gasteiger partial charge < -0.3 is 9.63 Å². The SMILES string of the molecule is Cc1c(CO)noc1-c1ccc(Cl)cc1. The van der Waals surface area contributed by atoms with Crippen LogP contribution >= 0.6 is 11.6 Å². The van der Waals surface area contributed by atoms with E-state index in [1.54, 1.807) is 12.1 Å². The van der Waals surface area contributed by atoms with Gasteiger partial charge in [0.05, 0.1) is 6.61 Å². The molecular weight excluding hydrogens is 214 g/mol. The van der Waals surface area contributed by atoms with E-state index >= 15 is 0 Å². The van der Waals surface area contributed by atoms with Crippen molar-refractivity contribution in [3.05, 3.63) is 40.5 Å². The van der Waals surface area contributed by atoms with Gasteiger partial charge in [-0.15, -0.1) is 0 Å². The molecule has 2 aromatic rings. The van der Waals surface area contributed by atoms with Crippen LogP contribution in [0.3, 0.4) is 0 Å². The zero-order chi connectivity index (χ0) is 10.8. The summed E-state index contributed by atoms with van der Waals surface area (Å²) in [5.41, 5.74) is 2.34. The molecule has 0 saturated carbocycles. The maximum Gasteiger partial charge on any atom is 0.170 e. The maximum atomic E-state index is 8.98. The molecule has 1 heterocycles. The Hall–Kier alpha value is -1.32. The summed E-state index contributed by atoms with van der Waals surface area (Å²) in [5.74, 6) is 0.677. The van der Waals surface area contributed by atoms with Gasteiger partial charge in [-0.05, 0) is 31.2 Å². The second-order valence-corrected chi connectivity index (χ2v) is 3.68. The topological polar surface area (TPSA) is 46.3 Å². The van der Waals surface area contributed by atoms with E-state index in [9.17, 15) is 0 Å². The van der Waals surface area contributed by atoms with Gasteiger partial charge in [0.25, 0.3) is 0 Å². The number of hydrogen-bond acceptors (Lipinski definition) is 3. The van der Waals surface area contributed by atoms with Crippen molar-refractivity contribution in [3.63, 3.8) is 0 Å². The second-order valence-electron chi connectivity index (χ2n) is 3.25. The molecule has 0 fully saturated rings. The van der Waals surface area contributed by atoms with Crippen molar-refractivity contribution in [1.29, 1.82) is 0 Å². The molecule has 0 spiro atoms. The van der Waals surface area contributed by atoms with Gasteiger partial charge in [-0.1, -0.05) is 16.8 Å². The lowest BCUT2D eigenvalue weighted by Gasteiger charge is -1.97. The van der Waals surface area contributed by atoms with Crippen LogP contribution in [-0.2, 0) is 6.61 Å². The maximum absolute atomic E-state index is 8.98. The third-order valence-electron chi connectivity index (χ3n) is 2.28. The summed E-state index contributed by atoms with van der Waals surface area (Å²) in [4.78, 5) is 0. The van der Waals surface area contributed by atoms with Gasteiger partial charge in [0.15, 0.2) is 5.76 Å². The molecule has 0 unspecified atom stereocenters. The first-order valence-corrected chi connectivity index (χ1v) is 4.92. The lowest BCUT2D eigenvalue weighted by molar-refractivity contribution is 0.266. The van der Waals surface area contributed by atoms with Gasteiger partial charge in [-0.25, -0.2) is 0 Å². The molecule has 15 heavy (non-hydrogen) atoms. The van der Waals surface area contributed by atoms with Crippen molar-refractivity contribution in [3.8, 4) is 11.3 Å². The molecule has 1 aromatic carbocycles. The van der Waals surface area contributed by atoms with Crippen LogP contribution < -0.4 is 0 Å². The Bertz CT molecular complexity index is 462. The fourth-order valence-corrected chi connectivity index (χ4v) is 1.51. The van der Waals surface area contributed by atoms with Gasteiger partial charge in [0, 0.05) is 16.1 Å². The summed E-state index contributed by atoms with van der Waals surface area (Å²) < 4.78 is 5.16. The highest BCUT2D eigenvalue weighted by Crippen LogP contribution is 2.26. The normalized spacial score (nSPS) is 10.6. The van der Waals surface area contributed by atoms with E-state index in [2.05, 4.69) is 5.16 Å². The van der Waals surface area contributed by atoms with Gasteiger partial charge in [0.2, 0.25) is 0 Å². The first-order valence-electron chi connectivity index (χ1n) is 4.54. The quantitative estimate of drug-likeness (QED) is 0.852. The van der Waals surface area contributed by atoms with Crippen molar-refractivity contribution in [2.24, 2.45) is 0 Å². The number of halogens is 1. The highest BCUT2D eigenvalue weighted by molar-refractivity contribution is 6.30. The van der Waals surface area contributed by atoms with E-state index in [0.717, 1.165) is 11.1 Å². The minimum atomic E-state index is -0.108. The zero-order valence-corrected chi connectivity index (χ0v) is 8.95. The number of aromatic nitrogens is 1. The standard InChI is InChI=1S/C11H10ClNO2/c1-7-10(6-14)13-15-11(7)8-2-4-9(12)5-3-8/h2-5,14H,6H2,1H3. The molecule has 0 bridgehead atoms. The largest absolute Gasteiger partial charge is 0.390 e. The van der Waals surface area contributed by atoms with Crippen molar-refractivity contribution in [1.82, 2.24) is 5.16 Å². The number of hydrogen-bond donors (Lipinski definition) is 1. The lowest BCUT2D eigenvalue weighted by Crippen LogP contribution is -1.85. The van der Waals surface area contributed by atoms with Gasteiger partial charge in [0.1, 0.15) is 5.69 Å². The molecule has 0 aliphatic carbocycles. The van der Waals surface area contributed by atoms with Gasteiger partial charge in [-0.3, -0.25) is 0 Å². The fraction of sp³-hybridized carbons (Fsp3) is 0.182. The first-order chi connectivity index (χ1) is 7.22. The summed E-state index contributed by atoms with van der Waals surface area (Å²) in [5, 5.41) is 13.4. The molecule has 3 nitrogen and oxygen atoms in total. The highest BCUT2D eigenvalue weighted by Gasteiger charge is 2.12. The number of rotatable bonds is 2. The van der Waals surface area contributed by atoms with E-state index < -0.39 is 0 Å². The fourth-order valence-electron chi connectivity index (χ4n) is 1.39. The molecular formula is C11H10ClNO2. The van der Waals surface area contributed by atoms with Gasteiger partial charge in [-0.2, -0.15) is 0 Å². The third-order valence-corrected chi connectivity index (χ3v) is 2.53. The molecule has 0 radical (unpaired) electrons. The monoisotopic (exact) mass is 223 g/mol.